The number of ether oxygens (including phenoxy) is 1. The standard InChI is InChI=1S/C20H16F2N2O3/c1-12-15(5-2-6-17(12)25)19(26)24-11-13-4-3-9-23-20(13)27-18-8-7-14(21)10-16(18)22/h2-10,25H,11H2,1H3,(H,24,26). The Balaban J connectivity index is 1.76. The number of nitrogens with zero attached hydrogens (tertiary/aromatic N) is 1. The van der Waals surface area contributed by atoms with Crippen LogP contribution in [0.3, 0.4) is 0 Å². The Labute approximate surface area is 154 Å². The number of carbonyl (C=O) groups is 1. The quantitative estimate of drug-likeness (QED) is 0.709. The third-order valence-electron chi connectivity index (χ3n) is 3.94. The molecule has 0 aliphatic carbocycles. The zero-order chi connectivity index (χ0) is 19.4. The second-order valence-corrected chi connectivity index (χ2v) is 5.78. The van der Waals surface area contributed by atoms with Crippen molar-refractivity contribution >= 4 is 5.91 Å². The predicted octanol–water partition coefficient (Wildman–Crippen LogP) is 4.10. The summed E-state index contributed by atoms with van der Waals surface area (Å²) in [4.78, 5) is 16.4. The van der Waals surface area contributed by atoms with E-state index in [1.807, 2.05) is 0 Å². The van der Waals surface area contributed by atoms with E-state index in [1.54, 1.807) is 31.2 Å². The highest BCUT2D eigenvalue weighted by Crippen LogP contribution is 2.26. The maximum absolute atomic E-state index is 13.8. The van der Waals surface area contributed by atoms with Gasteiger partial charge in [0, 0.05) is 35.5 Å². The summed E-state index contributed by atoms with van der Waals surface area (Å²) in [5.74, 6) is -2.01. The average molecular weight is 370 g/mol. The molecule has 0 saturated carbocycles. The van der Waals surface area contributed by atoms with Gasteiger partial charge >= 0.3 is 0 Å². The van der Waals surface area contributed by atoms with Gasteiger partial charge < -0.3 is 15.2 Å². The van der Waals surface area contributed by atoms with Gasteiger partial charge in [-0.15, -0.1) is 0 Å². The van der Waals surface area contributed by atoms with E-state index in [1.165, 1.54) is 12.3 Å². The molecule has 0 radical (unpaired) electrons. The number of aromatic nitrogens is 1. The Bertz CT molecular complexity index is 993. The van der Waals surface area contributed by atoms with Crippen molar-refractivity contribution in [3.63, 3.8) is 0 Å². The fraction of sp³-hybridized carbons (Fsp3) is 0.100. The van der Waals surface area contributed by atoms with E-state index in [9.17, 15) is 18.7 Å². The van der Waals surface area contributed by atoms with E-state index < -0.39 is 11.6 Å². The Kier molecular flexibility index (Phi) is 5.30. The Morgan fingerprint density at radius 2 is 2.00 bits per heavy atom. The molecule has 1 aromatic heterocycles. The van der Waals surface area contributed by atoms with Crippen molar-refractivity contribution < 1.29 is 23.4 Å². The topological polar surface area (TPSA) is 71.5 Å². The third-order valence-corrected chi connectivity index (χ3v) is 3.94. The van der Waals surface area contributed by atoms with Crippen LogP contribution in [0.1, 0.15) is 21.5 Å². The molecule has 1 amide bonds. The molecule has 0 aliphatic rings. The Hall–Kier alpha value is -3.48. The van der Waals surface area contributed by atoms with Crippen LogP contribution in [-0.4, -0.2) is 16.0 Å². The summed E-state index contributed by atoms with van der Waals surface area (Å²) < 4.78 is 32.3. The second kappa shape index (κ2) is 7.82. The Morgan fingerprint density at radius 1 is 1.19 bits per heavy atom. The maximum Gasteiger partial charge on any atom is 0.251 e. The average Bonchev–Trinajstić information content (AvgIpc) is 2.65. The molecule has 27 heavy (non-hydrogen) atoms. The minimum atomic E-state index is -0.856. The first-order chi connectivity index (χ1) is 13.0. The van der Waals surface area contributed by atoms with Gasteiger partial charge in [0.15, 0.2) is 11.6 Å². The van der Waals surface area contributed by atoms with Crippen LogP contribution in [0.4, 0.5) is 8.78 Å². The lowest BCUT2D eigenvalue weighted by molar-refractivity contribution is 0.0949. The highest BCUT2D eigenvalue weighted by atomic mass is 19.1. The van der Waals surface area contributed by atoms with Gasteiger partial charge in [-0.2, -0.15) is 0 Å². The van der Waals surface area contributed by atoms with Crippen LogP contribution in [0, 0.1) is 18.6 Å². The molecule has 0 atom stereocenters. The van der Waals surface area contributed by atoms with Gasteiger partial charge in [0.05, 0.1) is 0 Å². The van der Waals surface area contributed by atoms with Crippen molar-refractivity contribution in [2.45, 2.75) is 13.5 Å². The van der Waals surface area contributed by atoms with Gasteiger partial charge in [-0.1, -0.05) is 12.1 Å². The summed E-state index contributed by atoms with van der Waals surface area (Å²) in [6.45, 7) is 1.71. The van der Waals surface area contributed by atoms with Crippen molar-refractivity contribution in [3.8, 4) is 17.4 Å². The summed E-state index contributed by atoms with van der Waals surface area (Å²) in [7, 11) is 0. The lowest BCUT2D eigenvalue weighted by Gasteiger charge is -2.12. The van der Waals surface area contributed by atoms with Crippen LogP contribution in [-0.2, 0) is 6.54 Å². The summed E-state index contributed by atoms with van der Waals surface area (Å²) in [6, 6.07) is 10.9. The lowest BCUT2D eigenvalue weighted by atomic mass is 10.1. The molecule has 3 aromatic rings. The zero-order valence-electron chi connectivity index (χ0n) is 14.4. The summed E-state index contributed by atoms with van der Waals surface area (Å²) >= 11 is 0. The smallest absolute Gasteiger partial charge is 0.251 e. The van der Waals surface area contributed by atoms with Crippen LogP contribution < -0.4 is 10.1 Å². The third kappa shape index (κ3) is 4.20. The monoisotopic (exact) mass is 370 g/mol. The molecule has 7 heteroatoms. The van der Waals surface area contributed by atoms with Gasteiger partial charge in [-0.25, -0.2) is 13.8 Å². The van der Waals surface area contributed by atoms with Gasteiger partial charge in [-0.3, -0.25) is 4.79 Å². The fourth-order valence-corrected chi connectivity index (χ4v) is 2.45. The molecule has 1 heterocycles. The molecule has 0 fully saturated rings. The SMILES string of the molecule is Cc1c(O)cccc1C(=O)NCc1cccnc1Oc1ccc(F)cc1F. The van der Waals surface area contributed by atoms with Crippen molar-refractivity contribution in [2.75, 3.05) is 0 Å². The molecular weight excluding hydrogens is 354 g/mol. The number of phenols is 1. The first-order valence-electron chi connectivity index (χ1n) is 8.09. The molecule has 0 spiro atoms. The van der Waals surface area contributed by atoms with E-state index in [0.29, 0.717) is 22.8 Å². The first-order valence-corrected chi connectivity index (χ1v) is 8.09. The van der Waals surface area contributed by atoms with Crippen molar-refractivity contribution in [2.24, 2.45) is 0 Å². The van der Waals surface area contributed by atoms with E-state index in [2.05, 4.69) is 10.3 Å². The molecule has 2 N–H and O–H groups in total. The van der Waals surface area contributed by atoms with Gasteiger partial charge in [0.25, 0.3) is 5.91 Å². The van der Waals surface area contributed by atoms with Crippen LogP contribution in [0.25, 0.3) is 0 Å². The molecular formula is C20H16F2N2O3. The summed E-state index contributed by atoms with van der Waals surface area (Å²) in [6.07, 6.45) is 1.46. The molecule has 3 rings (SSSR count). The zero-order valence-corrected chi connectivity index (χ0v) is 14.4. The lowest BCUT2D eigenvalue weighted by Crippen LogP contribution is -2.24. The molecule has 138 valence electrons. The molecule has 0 saturated heterocycles. The number of halogens is 2. The molecule has 0 unspecified atom stereocenters. The van der Waals surface area contributed by atoms with Crippen molar-refractivity contribution in [3.05, 3.63) is 83.1 Å². The predicted molar refractivity (Wildman–Crippen MR) is 94.7 cm³/mol. The number of hydrogen-bond acceptors (Lipinski definition) is 4. The largest absolute Gasteiger partial charge is 0.508 e. The number of carbonyl (C=O) groups excluding carboxylic acids is 1. The van der Waals surface area contributed by atoms with E-state index in [0.717, 1.165) is 12.1 Å². The second-order valence-electron chi connectivity index (χ2n) is 5.78. The molecule has 0 aliphatic heterocycles. The number of rotatable bonds is 5. The Morgan fingerprint density at radius 3 is 2.78 bits per heavy atom. The number of amides is 1. The van der Waals surface area contributed by atoms with E-state index >= 15 is 0 Å². The molecule has 2 aromatic carbocycles. The minimum absolute atomic E-state index is 0.0276. The number of pyridine rings is 1. The van der Waals surface area contributed by atoms with Crippen LogP contribution in [0.5, 0.6) is 17.4 Å². The minimum Gasteiger partial charge on any atom is -0.508 e. The number of hydrogen-bond donors (Lipinski definition) is 2. The van der Waals surface area contributed by atoms with Gasteiger partial charge in [-0.05, 0) is 37.3 Å². The van der Waals surface area contributed by atoms with Gasteiger partial charge in [0.2, 0.25) is 5.88 Å². The highest BCUT2D eigenvalue weighted by Gasteiger charge is 2.14. The molecule has 5 nitrogen and oxygen atoms in total. The number of aromatic hydroxyl groups is 1. The number of phenolic OH excluding ortho intramolecular Hbond substituents is 1. The van der Waals surface area contributed by atoms with Crippen LogP contribution in [0.15, 0.2) is 54.7 Å². The first kappa shape index (κ1) is 18.3. The number of nitrogens with one attached hydrogen (secondary N) is 1. The fourth-order valence-electron chi connectivity index (χ4n) is 2.45. The van der Waals surface area contributed by atoms with Crippen LogP contribution >= 0.6 is 0 Å². The van der Waals surface area contributed by atoms with Crippen LogP contribution in [0.2, 0.25) is 0 Å². The van der Waals surface area contributed by atoms with E-state index in [4.69, 9.17) is 4.74 Å². The summed E-state index contributed by atoms with van der Waals surface area (Å²) in [5, 5.41) is 12.4. The summed E-state index contributed by atoms with van der Waals surface area (Å²) in [5.41, 5.74) is 1.31. The maximum atomic E-state index is 13.8. The van der Waals surface area contributed by atoms with Crippen molar-refractivity contribution in [1.29, 1.82) is 0 Å². The highest BCUT2D eigenvalue weighted by molar-refractivity contribution is 5.96. The van der Waals surface area contributed by atoms with Gasteiger partial charge in [0.1, 0.15) is 11.6 Å². The van der Waals surface area contributed by atoms with E-state index in [-0.39, 0.29) is 29.8 Å². The molecule has 0 bridgehead atoms. The normalized spacial score (nSPS) is 10.5. The number of benzene rings is 2. The van der Waals surface area contributed by atoms with Crippen molar-refractivity contribution in [1.82, 2.24) is 10.3 Å².